The fraction of sp³-hybridized carbons (Fsp3) is 0.385. The number of carbonyl (C=O) groups excluding carboxylic acids is 1. The van der Waals surface area contributed by atoms with Crippen molar-refractivity contribution in [3.63, 3.8) is 0 Å². The molecule has 7 heteroatoms. The minimum atomic E-state index is -1.19. The maximum atomic E-state index is 13.6. The number of nitrogens with zero attached hydrogens (tertiary/aromatic N) is 1. The Hall–Kier alpha value is -2.15. The average Bonchev–Trinajstić information content (AvgIpc) is 2.76. The number of hydrogen-bond acceptors (Lipinski definition) is 3. The molecule has 0 spiro atoms. The van der Waals surface area contributed by atoms with Crippen LogP contribution in [-0.4, -0.2) is 45.8 Å². The van der Waals surface area contributed by atoms with Crippen LogP contribution in [0.5, 0.6) is 0 Å². The molecule has 0 aliphatic carbocycles. The summed E-state index contributed by atoms with van der Waals surface area (Å²) in [5.41, 5.74) is 0.549. The van der Waals surface area contributed by atoms with Crippen molar-refractivity contribution in [3.8, 4) is 0 Å². The van der Waals surface area contributed by atoms with E-state index in [-0.39, 0.29) is 18.7 Å². The van der Waals surface area contributed by atoms with Gasteiger partial charge < -0.3 is 20.4 Å². The molecule has 1 saturated heterocycles. The number of β-amino-alcohol motifs (C(OH)–C–C–N with tert-alkyl or cyclic N) is 1. The highest BCUT2D eigenvalue weighted by Gasteiger charge is 2.39. The Kier molecular flexibility index (Phi) is 3.89. The Morgan fingerprint density at radius 3 is 2.75 bits per heavy atom. The van der Waals surface area contributed by atoms with Crippen molar-refractivity contribution in [1.82, 2.24) is 4.90 Å². The molecule has 2 unspecified atom stereocenters. The molecule has 2 atom stereocenters. The van der Waals surface area contributed by atoms with E-state index in [1.807, 2.05) is 0 Å². The van der Waals surface area contributed by atoms with Gasteiger partial charge in [-0.3, -0.25) is 0 Å². The van der Waals surface area contributed by atoms with Gasteiger partial charge >= 0.3 is 12.0 Å². The van der Waals surface area contributed by atoms with Crippen LogP contribution in [-0.2, 0) is 4.79 Å². The molecule has 1 fully saturated rings. The minimum Gasteiger partial charge on any atom is -0.480 e. The zero-order valence-corrected chi connectivity index (χ0v) is 10.8. The van der Waals surface area contributed by atoms with Gasteiger partial charge in [0.05, 0.1) is 11.8 Å². The largest absolute Gasteiger partial charge is 0.480 e. The second-order valence-electron chi connectivity index (χ2n) is 4.76. The molecule has 1 heterocycles. The number of amides is 2. The standard InChI is InChI=1S/C13H15FN2O4/c1-7-3-2-4-9(14)11(7)15-13(20)16-6-8(17)5-10(16)12(18)19/h2-4,8,10,17H,5-6H2,1H3,(H,15,20)(H,18,19). The topological polar surface area (TPSA) is 89.9 Å². The number of carboxylic acid groups (broad SMARTS) is 1. The third kappa shape index (κ3) is 2.72. The SMILES string of the molecule is Cc1cccc(F)c1NC(=O)N1CC(O)CC1C(=O)O. The van der Waals surface area contributed by atoms with Crippen LogP contribution in [0.2, 0.25) is 0 Å². The quantitative estimate of drug-likeness (QED) is 0.760. The molecule has 2 rings (SSSR count). The van der Waals surface area contributed by atoms with Gasteiger partial charge in [-0.05, 0) is 18.6 Å². The van der Waals surface area contributed by atoms with E-state index in [1.54, 1.807) is 13.0 Å². The lowest BCUT2D eigenvalue weighted by Gasteiger charge is -2.22. The second kappa shape index (κ2) is 5.46. The average molecular weight is 282 g/mol. The predicted molar refractivity (Wildman–Crippen MR) is 68.9 cm³/mol. The Morgan fingerprint density at radius 2 is 2.15 bits per heavy atom. The van der Waals surface area contributed by atoms with E-state index in [2.05, 4.69) is 5.32 Å². The van der Waals surface area contributed by atoms with E-state index in [0.29, 0.717) is 5.56 Å². The maximum Gasteiger partial charge on any atom is 0.326 e. The normalized spacial score (nSPS) is 21.9. The van der Waals surface area contributed by atoms with E-state index < -0.39 is 30.0 Å². The Balaban J connectivity index is 2.18. The van der Waals surface area contributed by atoms with Crippen LogP contribution in [0.25, 0.3) is 0 Å². The first kappa shape index (κ1) is 14.3. The summed E-state index contributed by atoms with van der Waals surface area (Å²) in [5, 5.41) is 20.9. The maximum absolute atomic E-state index is 13.6. The fourth-order valence-corrected chi connectivity index (χ4v) is 2.24. The van der Waals surface area contributed by atoms with Gasteiger partial charge in [-0.25, -0.2) is 14.0 Å². The van der Waals surface area contributed by atoms with Crippen LogP contribution in [0.4, 0.5) is 14.9 Å². The molecule has 0 aromatic heterocycles. The third-order valence-corrected chi connectivity index (χ3v) is 3.28. The summed E-state index contributed by atoms with van der Waals surface area (Å²) in [6.45, 7) is 1.54. The van der Waals surface area contributed by atoms with Crippen LogP contribution < -0.4 is 5.32 Å². The number of aliphatic hydroxyl groups is 1. The molecule has 1 aromatic rings. The van der Waals surface area contributed by atoms with Crippen LogP contribution >= 0.6 is 0 Å². The monoisotopic (exact) mass is 282 g/mol. The number of urea groups is 1. The fourth-order valence-electron chi connectivity index (χ4n) is 2.24. The highest BCUT2D eigenvalue weighted by Crippen LogP contribution is 2.23. The molecule has 2 amide bonds. The Bertz CT molecular complexity index is 529. The number of para-hydroxylation sites is 1. The lowest BCUT2D eigenvalue weighted by atomic mass is 10.2. The molecule has 0 saturated carbocycles. The summed E-state index contributed by atoms with van der Waals surface area (Å²) < 4.78 is 13.6. The summed E-state index contributed by atoms with van der Waals surface area (Å²) in [5.74, 6) is -1.79. The molecule has 3 N–H and O–H groups in total. The first-order chi connectivity index (χ1) is 9.40. The molecule has 20 heavy (non-hydrogen) atoms. The summed E-state index contributed by atoms with van der Waals surface area (Å²) >= 11 is 0. The van der Waals surface area contributed by atoms with Gasteiger partial charge in [0.1, 0.15) is 11.9 Å². The highest BCUT2D eigenvalue weighted by atomic mass is 19.1. The van der Waals surface area contributed by atoms with Crippen LogP contribution in [0.1, 0.15) is 12.0 Å². The van der Waals surface area contributed by atoms with Crippen LogP contribution in [0, 0.1) is 12.7 Å². The number of likely N-dealkylation sites (tertiary alicyclic amines) is 1. The van der Waals surface area contributed by atoms with Gasteiger partial charge in [0.2, 0.25) is 0 Å². The molecular formula is C13H15FN2O4. The number of aliphatic hydroxyl groups excluding tert-OH is 1. The Morgan fingerprint density at radius 1 is 1.45 bits per heavy atom. The van der Waals surface area contributed by atoms with Crippen molar-refractivity contribution in [3.05, 3.63) is 29.6 Å². The third-order valence-electron chi connectivity index (χ3n) is 3.28. The number of halogens is 1. The first-order valence-corrected chi connectivity index (χ1v) is 6.13. The molecule has 1 aliphatic heterocycles. The number of aryl methyl sites for hydroxylation is 1. The number of rotatable bonds is 2. The molecule has 1 aliphatic rings. The highest BCUT2D eigenvalue weighted by molar-refractivity contribution is 5.93. The molecule has 6 nitrogen and oxygen atoms in total. The number of carboxylic acids is 1. The summed E-state index contributed by atoms with van der Waals surface area (Å²) in [6, 6.07) is 2.52. The van der Waals surface area contributed by atoms with Crippen molar-refractivity contribution in [1.29, 1.82) is 0 Å². The zero-order chi connectivity index (χ0) is 14.9. The van der Waals surface area contributed by atoms with E-state index in [0.717, 1.165) is 4.90 Å². The van der Waals surface area contributed by atoms with Gasteiger partial charge in [0, 0.05) is 13.0 Å². The number of aliphatic carboxylic acids is 1. The van der Waals surface area contributed by atoms with Gasteiger partial charge in [0.25, 0.3) is 0 Å². The number of nitrogens with one attached hydrogen (secondary N) is 1. The van der Waals surface area contributed by atoms with Gasteiger partial charge in [-0.15, -0.1) is 0 Å². The van der Waals surface area contributed by atoms with E-state index in [9.17, 15) is 19.1 Å². The summed E-state index contributed by atoms with van der Waals surface area (Å²) in [7, 11) is 0. The smallest absolute Gasteiger partial charge is 0.326 e. The van der Waals surface area contributed by atoms with E-state index in [4.69, 9.17) is 5.11 Å². The Labute approximate surface area is 114 Å². The summed E-state index contributed by atoms with van der Waals surface area (Å²) in [4.78, 5) is 24.1. The lowest BCUT2D eigenvalue weighted by molar-refractivity contribution is -0.141. The van der Waals surface area contributed by atoms with Crippen LogP contribution in [0.3, 0.4) is 0 Å². The molecule has 108 valence electrons. The van der Waals surface area contributed by atoms with Crippen molar-refractivity contribution >= 4 is 17.7 Å². The number of anilines is 1. The number of benzene rings is 1. The van der Waals surface area contributed by atoms with Crippen molar-refractivity contribution in [2.24, 2.45) is 0 Å². The number of hydrogen-bond donors (Lipinski definition) is 3. The van der Waals surface area contributed by atoms with E-state index >= 15 is 0 Å². The minimum absolute atomic E-state index is 0.0167. The van der Waals surface area contributed by atoms with Gasteiger partial charge in [0.15, 0.2) is 0 Å². The molecule has 1 aromatic carbocycles. The summed E-state index contributed by atoms with van der Waals surface area (Å²) in [6.07, 6.45) is -0.914. The lowest BCUT2D eigenvalue weighted by Crippen LogP contribution is -2.43. The van der Waals surface area contributed by atoms with Gasteiger partial charge in [-0.1, -0.05) is 12.1 Å². The second-order valence-corrected chi connectivity index (χ2v) is 4.76. The van der Waals surface area contributed by atoms with Gasteiger partial charge in [-0.2, -0.15) is 0 Å². The van der Waals surface area contributed by atoms with Crippen LogP contribution in [0.15, 0.2) is 18.2 Å². The predicted octanol–water partition coefficient (Wildman–Crippen LogP) is 1.19. The van der Waals surface area contributed by atoms with Crippen molar-refractivity contribution < 1.29 is 24.2 Å². The molecular weight excluding hydrogens is 267 g/mol. The van der Waals surface area contributed by atoms with Crippen molar-refractivity contribution in [2.45, 2.75) is 25.5 Å². The number of carbonyl (C=O) groups is 2. The first-order valence-electron chi connectivity index (χ1n) is 6.13. The molecule has 0 radical (unpaired) electrons. The van der Waals surface area contributed by atoms with E-state index in [1.165, 1.54) is 12.1 Å². The zero-order valence-electron chi connectivity index (χ0n) is 10.8. The van der Waals surface area contributed by atoms with Crippen molar-refractivity contribution in [2.75, 3.05) is 11.9 Å². The molecule has 0 bridgehead atoms.